The predicted molar refractivity (Wildman–Crippen MR) is 283 cm³/mol. The Morgan fingerprint density at radius 2 is 1.58 bits per heavy atom. The summed E-state index contributed by atoms with van der Waals surface area (Å²) in [7, 11) is 1.45. The number of unbranched alkanes of at least 4 members (excludes halogenated alkanes) is 3. The molecule has 1 aliphatic carbocycles. The highest BCUT2D eigenvalue weighted by molar-refractivity contribution is 6.12. The number of ether oxygens (including phenoxy) is 2. The number of aliphatic hydroxyl groups excluding tert-OH is 1. The number of aliphatic hydroxyl groups is 1. The molecule has 0 saturated carbocycles. The molecule has 22 heteroatoms. The van der Waals surface area contributed by atoms with Gasteiger partial charge in [0, 0.05) is 54.7 Å². The van der Waals surface area contributed by atoms with Crippen LogP contribution < -0.4 is 37.5 Å². The largest absolute Gasteiger partial charge is 0.491 e. The molecule has 7 N–H and O–H groups in total. The molecular formula is C55H68FN9O12. The van der Waals surface area contributed by atoms with Crippen LogP contribution in [0.4, 0.5) is 4.39 Å². The number of carbonyl (C=O) groups is 8. The van der Waals surface area contributed by atoms with Crippen LogP contribution in [0, 0.1) is 12.7 Å². The SMILES string of the molecule is C=C1OCc2c(cc3n(c2=O)Cc2c-3nc3cc(F)c(C)c4c3c2CCC4)C1O.CC.CCCCCCN1C(=O)C=CC1=O.CNC(=O)COCNC(=O)CNC(=O)C(Cc1ccccc1)NC(=O)CNC(=O)CNC=O. The van der Waals surface area contributed by atoms with E-state index in [1.54, 1.807) is 34.9 Å². The molecule has 8 rings (SSSR count). The van der Waals surface area contributed by atoms with Crippen molar-refractivity contribution in [2.75, 3.05) is 46.6 Å². The average molecular weight is 1070 g/mol. The third-order valence-electron chi connectivity index (χ3n) is 12.8. The van der Waals surface area contributed by atoms with Crippen LogP contribution in [0.25, 0.3) is 22.3 Å². The molecule has 21 nitrogen and oxygen atoms in total. The van der Waals surface area contributed by atoms with E-state index in [1.807, 2.05) is 26.8 Å². The highest BCUT2D eigenvalue weighted by atomic mass is 19.1. The molecule has 412 valence electrons. The molecule has 2 atom stereocenters. The monoisotopic (exact) mass is 1070 g/mol. The van der Waals surface area contributed by atoms with Gasteiger partial charge in [-0.3, -0.25) is 48.1 Å². The molecule has 3 aliphatic heterocycles. The Balaban J connectivity index is 0.000000226. The predicted octanol–water partition coefficient (Wildman–Crippen LogP) is 2.49. The van der Waals surface area contributed by atoms with Gasteiger partial charge in [-0.15, -0.1) is 0 Å². The number of pyridine rings is 2. The third-order valence-corrected chi connectivity index (χ3v) is 12.8. The van der Waals surface area contributed by atoms with Crippen molar-refractivity contribution in [1.82, 2.24) is 46.4 Å². The van der Waals surface area contributed by atoms with Gasteiger partial charge in [-0.1, -0.05) is 76.9 Å². The van der Waals surface area contributed by atoms with Crippen LogP contribution in [0.5, 0.6) is 0 Å². The molecular weight excluding hydrogens is 998 g/mol. The number of aromatic nitrogens is 2. The second-order valence-electron chi connectivity index (χ2n) is 17.9. The van der Waals surface area contributed by atoms with Crippen molar-refractivity contribution in [1.29, 1.82) is 0 Å². The molecule has 5 heterocycles. The number of nitrogens with zero attached hydrogens (tertiary/aromatic N) is 3. The summed E-state index contributed by atoms with van der Waals surface area (Å²) in [6.45, 7) is 11.3. The van der Waals surface area contributed by atoms with Crippen LogP contribution in [0.15, 0.2) is 71.7 Å². The maximum absolute atomic E-state index is 14.5. The molecule has 0 bridgehead atoms. The van der Waals surface area contributed by atoms with Gasteiger partial charge in [-0.05, 0) is 60.9 Å². The van der Waals surface area contributed by atoms with Gasteiger partial charge < -0.3 is 51.0 Å². The first kappa shape index (κ1) is 59.8. The molecule has 0 spiro atoms. The van der Waals surface area contributed by atoms with Crippen molar-refractivity contribution in [3.8, 4) is 11.4 Å². The Morgan fingerprint density at radius 1 is 0.896 bits per heavy atom. The van der Waals surface area contributed by atoms with Crippen molar-refractivity contribution in [3.05, 3.63) is 122 Å². The zero-order chi connectivity index (χ0) is 56.2. The molecule has 2 unspecified atom stereocenters. The van der Waals surface area contributed by atoms with Gasteiger partial charge in [0.2, 0.25) is 35.9 Å². The fourth-order valence-corrected chi connectivity index (χ4v) is 8.86. The number of nitrogens with one attached hydrogen (secondary N) is 6. The van der Waals surface area contributed by atoms with Crippen LogP contribution >= 0.6 is 0 Å². The molecule has 4 aromatic rings. The zero-order valence-electron chi connectivity index (χ0n) is 44.1. The van der Waals surface area contributed by atoms with Crippen LogP contribution in [0.1, 0.15) is 97.9 Å². The summed E-state index contributed by atoms with van der Waals surface area (Å²) in [6.07, 6.45) is 9.18. The van der Waals surface area contributed by atoms with Crippen molar-refractivity contribution >= 4 is 58.7 Å². The number of hydrogen-bond donors (Lipinski definition) is 7. The van der Waals surface area contributed by atoms with E-state index in [2.05, 4.69) is 45.4 Å². The van der Waals surface area contributed by atoms with E-state index in [0.717, 1.165) is 54.2 Å². The lowest BCUT2D eigenvalue weighted by molar-refractivity contribution is -0.137. The lowest BCUT2D eigenvalue weighted by Crippen LogP contribution is -2.52. The first-order valence-corrected chi connectivity index (χ1v) is 25.6. The van der Waals surface area contributed by atoms with Crippen LogP contribution in [0.2, 0.25) is 0 Å². The number of likely N-dealkylation sites (N-methyl/N-ethyl adjacent to an activating group) is 1. The Morgan fingerprint density at radius 3 is 2.27 bits per heavy atom. The number of hydrogen-bond acceptors (Lipinski definition) is 13. The Kier molecular flexibility index (Phi) is 22.7. The van der Waals surface area contributed by atoms with E-state index in [1.165, 1.54) is 48.6 Å². The van der Waals surface area contributed by atoms with Gasteiger partial charge in [0.05, 0.1) is 48.6 Å². The average Bonchev–Trinajstić information content (AvgIpc) is 4.06. The van der Waals surface area contributed by atoms with E-state index in [4.69, 9.17) is 14.5 Å². The number of carbonyl (C=O) groups excluding carboxylic acids is 8. The van der Waals surface area contributed by atoms with Crippen molar-refractivity contribution in [3.63, 3.8) is 0 Å². The number of rotatable bonds is 20. The third kappa shape index (κ3) is 15.7. The molecule has 77 heavy (non-hydrogen) atoms. The number of benzene rings is 2. The number of amides is 8. The molecule has 4 aliphatic rings. The quantitative estimate of drug-likeness (QED) is 0.0256. The Labute approximate surface area is 445 Å². The highest BCUT2D eigenvalue weighted by Crippen LogP contribution is 2.42. The summed E-state index contributed by atoms with van der Waals surface area (Å²) in [5, 5.41) is 25.7. The molecule has 8 amide bonds. The standard InChI is InChI=1S/C23H19FN2O3.C20H28N6O7.C10H15NO2.C2H6/c1-10-12-4-3-5-13-15-8-26-19(21(15)25-18(20(12)13)7-17(10)24)6-14-16(23(26)28)9-29-11(2)22(14)27;1-21-19(31)11-33-13-25-17(29)9-24-20(32)15(7-14-5-3-2-4-6-14)26-18(30)10-23-16(28)8-22-12-27;1-2-3-4-5-8-11-9(12)6-7-10(11)13;1-2/h6-7,22,27H,2-5,8-9H2,1H3;2-6,12,15H,7-11,13H2,1H3,(H,21,31)(H,22,27)(H,23,28)(H,24,32)(H,25,29)(H,26,30);6-7H,2-5,8H2,1H3;1-2H3. The lowest BCUT2D eigenvalue weighted by atomic mass is 9.85. The van der Waals surface area contributed by atoms with Gasteiger partial charge >= 0.3 is 0 Å². The summed E-state index contributed by atoms with van der Waals surface area (Å²) in [6, 6.07) is 11.2. The normalized spacial score (nSPS) is 14.6. The number of aryl methyl sites for hydroxylation is 2. The summed E-state index contributed by atoms with van der Waals surface area (Å²) in [5.41, 5.74) is 7.57. The van der Waals surface area contributed by atoms with E-state index >= 15 is 0 Å². The van der Waals surface area contributed by atoms with Crippen LogP contribution in [-0.2, 0) is 80.2 Å². The fraction of sp³-hybridized carbons (Fsp3) is 0.418. The topological polar surface area (TPSA) is 286 Å². The van der Waals surface area contributed by atoms with Crippen LogP contribution in [-0.4, -0.2) is 120 Å². The van der Waals surface area contributed by atoms with Crippen molar-refractivity contribution < 1.29 is 57.3 Å². The summed E-state index contributed by atoms with van der Waals surface area (Å²) in [5.74, 6) is -3.05. The van der Waals surface area contributed by atoms with E-state index in [0.29, 0.717) is 53.1 Å². The van der Waals surface area contributed by atoms with Gasteiger partial charge in [0.1, 0.15) is 43.7 Å². The lowest BCUT2D eigenvalue weighted by Gasteiger charge is -2.24. The van der Waals surface area contributed by atoms with E-state index < -0.39 is 42.3 Å². The van der Waals surface area contributed by atoms with E-state index in [9.17, 15) is 52.6 Å². The number of fused-ring (bicyclic) bond motifs is 5. The molecule has 0 fully saturated rings. The minimum atomic E-state index is -1.04. The fourth-order valence-electron chi connectivity index (χ4n) is 8.86. The summed E-state index contributed by atoms with van der Waals surface area (Å²) < 4.78 is 26.6. The smallest absolute Gasteiger partial charge is 0.258 e. The minimum Gasteiger partial charge on any atom is -0.491 e. The second kappa shape index (κ2) is 29.3. The Bertz CT molecular complexity index is 2920. The zero-order valence-corrected chi connectivity index (χ0v) is 44.1. The van der Waals surface area contributed by atoms with Gasteiger partial charge in [0.15, 0.2) is 0 Å². The second-order valence-corrected chi connectivity index (χ2v) is 17.9. The summed E-state index contributed by atoms with van der Waals surface area (Å²) >= 11 is 0. The molecule has 0 saturated heterocycles. The van der Waals surface area contributed by atoms with Crippen molar-refractivity contribution in [2.45, 2.75) is 104 Å². The van der Waals surface area contributed by atoms with Gasteiger partial charge in [-0.25, -0.2) is 9.37 Å². The molecule has 2 aromatic carbocycles. The maximum Gasteiger partial charge on any atom is 0.258 e. The number of halogens is 1. The summed E-state index contributed by atoms with van der Waals surface area (Å²) in [4.78, 5) is 111. The number of imide groups is 1. The maximum atomic E-state index is 14.5. The molecule has 0 radical (unpaired) electrons. The first-order valence-electron chi connectivity index (χ1n) is 25.6. The Hall–Kier alpha value is -8.11. The van der Waals surface area contributed by atoms with Crippen molar-refractivity contribution in [2.24, 2.45) is 0 Å². The highest BCUT2D eigenvalue weighted by Gasteiger charge is 2.34. The van der Waals surface area contributed by atoms with Crippen LogP contribution in [0.3, 0.4) is 0 Å². The van der Waals surface area contributed by atoms with Gasteiger partial charge in [-0.2, -0.15) is 0 Å². The first-order chi connectivity index (χ1) is 37.1. The molecule has 2 aromatic heterocycles. The van der Waals surface area contributed by atoms with E-state index in [-0.39, 0.29) is 74.3 Å². The minimum absolute atomic E-state index is 0.109. The van der Waals surface area contributed by atoms with Gasteiger partial charge in [0.25, 0.3) is 17.4 Å².